The van der Waals surface area contributed by atoms with E-state index in [2.05, 4.69) is 18.5 Å². The first-order valence-corrected chi connectivity index (χ1v) is 4.73. The Balaban J connectivity index is 2.44. The molecule has 0 aromatic carbocycles. The summed E-state index contributed by atoms with van der Waals surface area (Å²) in [4.78, 5) is 15.4. The monoisotopic (exact) mass is 182 g/mol. The molecular formula is C10H18N2O. The molecule has 0 radical (unpaired) electrons. The van der Waals surface area contributed by atoms with Gasteiger partial charge >= 0.3 is 0 Å². The molecule has 1 rings (SSSR count). The average Bonchev–Trinajstić information content (AvgIpc) is 2.17. The van der Waals surface area contributed by atoms with Crippen LogP contribution in [0.2, 0.25) is 0 Å². The Hall–Kier alpha value is -0.830. The molecule has 0 bridgehead atoms. The van der Waals surface area contributed by atoms with Crippen LogP contribution < -0.4 is 0 Å². The Morgan fingerprint density at radius 2 is 2.08 bits per heavy atom. The van der Waals surface area contributed by atoms with Gasteiger partial charge in [0.15, 0.2) is 0 Å². The van der Waals surface area contributed by atoms with Crippen molar-refractivity contribution in [3.05, 3.63) is 12.7 Å². The van der Waals surface area contributed by atoms with Gasteiger partial charge in [0.1, 0.15) is 0 Å². The molecule has 74 valence electrons. The van der Waals surface area contributed by atoms with Crippen LogP contribution in [0.5, 0.6) is 0 Å². The van der Waals surface area contributed by atoms with Crippen molar-refractivity contribution in [1.29, 1.82) is 0 Å². The molecule has 3 heteroatoms. The third-order valence-corrected chi connectivity index (χ3v) is 2.76. The van der Waals surface area contributed by atoms with E-state index >= 15 is 0 Å². The molecule has 0 unspecified atom stereocenters. The Morgan fingerprint density at radius 1 is 1.54 bits per heavy atom. The lowest BCUT2D eigenvalue weighted by Crippen LogP contribution is -2.43. The van der Waals surface area contributed by atoms with Crippen LogP contribution in [0.4, 0.5) is 0 Å². The molecule has 0 aromatic heterocycles. The fraction of sp³-hybridized carbons (Fsp3) is 0.700. The molecule has 1 fully saturated rings. The highest BCUT2D eigenvalue weighted by atomic mass is 16.2. The van der Waals surface area contributed by atoms with Crippen LogP contribution in [0.3, 0.4) is 0 Å². The van der Waals surface area contributed by atoms with Crippen LogP contribution in [0.1, 0.15) is 12.8 Å². The van der Waals surface area contributed by atoms with Gasteiger partial charge in [-0.2, -0.15) is 0 Å². The van der Waals surface area contributed by atoms with Crippen molar-refractivity contribution in [2.45, 2.75) is 18.9 Å². The van der Waals surface area contributed by atoms with Crippen LogP contribution in [0.15, 0.2) is 12.7 Å². The second kappa shape index (κ2) is 4.42. The van der Waals surface area contributed by atoms with E-state index < -0.39 is 0 Å². The average molecular weight is 182 g/mol. The van der Waals surface area contributed by atoms with Gasteiger partial charge in [-0.1, -0.05) is 6.58 Å². The maximum absolute atomic E-state index is 11.3. The zero-order valence-electron chi connectivity index (χ0n) is 8.49. The van der Waals surface area contributed by atoms with E-state index in [0.29, 0.717) is 6.04 Å². The van der Waals surface area contributed by atoms with Gasteiger partial charge in [0.2, 0.25) is 5.91 Å². The number of amides is 1. The molecule has 1 saturated heterocycles. The van der Waals surface area contributed by atoms with E-state index in [1.54, 1.807) is 4.90 Å². The third-order valence-electron chi connectivity index (χ3n) is 2.76. The van der Waals surface area contributed by atoms with Crippen molar-refractivity contribution in [2.24, 2.45) is 0 Å². The van der Waals surface area contributed by atoms with Crippen LogP contribution >= 0.6 is 0 Å². The fourth-order valence-corrected chi connectivity index (χ4v) is 1.71. The number of likely N-dealkylation sites (N-methyl/N-ethyl adjacent to an activating group) is 1. The maximum Gasteiger partial charge on any atom is 0.245 e. The first-order chi connectivity index (χ1) is 6.15. The summed E-state index contributed by atoms with van der Waals surface area (Å²) < 4.78 is 0. The highest BCUT2D eigenvalue weighted by molar-refractivity contribution is 5.87. The van der Waals surface area contributed by atoms with Gasteiger partial charge in [0.25, 0.3) is 0 Å². The molecule has 3 nitrogen and oxygen atoms in total. The number of hydrogen-bond acceptors (Lipinski definition) is 2. The predicted octanol–water partition coefficient (Wildman–Crippen LogP) is 0.725. The van der Waals surface area contributed by atoms with E-state index in [0.717, 1.165) is 25.9 Å². The Labute approximate surface area is 80.0 Å². The number of rotatable bonds is 2. The molecule has 0 spiro atoms. The largest absolute Gasteiger partial charge is 0.339 e. The minimum absolute atomic E-state index is 0.0366. The summed E-state index contributed by atoms with van der Waals surface area (Å²) in [5.74, 6) is 0.0366. The van der Waals surface area contributed by atoms with Crippen molar-refractivity contribution in [3.63, 3.8) is 0 Å². The molecule has 1 heterocycles. The first-order valence-electron chi connectivity index (χ1n) is 4.73. The smallest absolute Gasteiger partial charge is 0.245 e. The number of nitrogens with zero attached hydrogens (tertiary/aromatic N) is 2. The highest BCUT2D eigenvalue weighted by Crippen LogP contribution is 2.13. The topological polar surface area (TPSA) is 23.6 Å². The number of likely N-dealkylation sites (tertiary alicyclic amines) is 1. The Morgan fingerprint density at radius 3 is 2.54 bits per heavy atom. The quantitative estimate of drug-likeness (QED) is 0.588. The standard InChI is InChI=1S/C10H18N2O/c1-4-10(13)12(3)9-5-7-11(2)8-6-9/h4,9H,1,5-8H2,2-3H3. The molecule has 0 N–H and O–H groups in total. The van der Waals surface area contributed by atoms with Crippen LogP contribution in [0.25, 0.3) is 0 Å². The lowest BCUT2D eigenvalue weighted by molar-refractivity contribution is -0.127. The van der Waals surface area contributed by atoms with E-state index in [1.165, 1.54) is 6.08 Å². The molecular weight excluding hydrogens is 164 g/mol. The van der Waals surface area contributed by atoms with Crippen LogP contribution in [-0.2, 0) is 4.79 Å². The molecule has 0 aromatic rings. The molecule has 1 amide bonds. The highest BCUT2D eigenvalue weighted by Gasteiger charge is 2.22. The van der Waals surface area contributed by atoms with Gasteiger partial charge in [-0.3, -0.25) is 4.79 Å². The normalized spacial score (nSPS) is 19.8. The number of piperidine rings is 1. The number of carbonyl (C=O) groups is 1. The van der Waals surface area contributed by atoms with Crippen molar-refractivity contribution in [2.75, 3.05) is 27.2 Å². The second-order valence-corrected chi connectivity index (χ2v) is 3.69. The lowest BCUT2D eigenvalue weighted by atomic mass is 10.0. The summed E-state index contributed by atoms with van der Waals surface area (Å²) in [5, 5.41) is 0. The van der Waals surface area contributed by atoms with Crippen LogP contribution in [0, 0.1) is 0 Å². The van der Waals surface area contributed by atoms with Gasteiger partial charge in [-0.05, 0) is 39.1 Å². The maximum atomic E-state index is 11.3. The fourth-order valence-electron chi connectivity index (χ4n) is 1.71. The zero-order valence-corrected chi connectivity index (χ0v) is 8.49. The van der Waals surface area contributed by atoms with Crippen molar-refractivity contribution in [3.8, 4) is 0 Å². The van der Waals surface area contributed by atoms with E-state index in [1.807, 2.05) is 7.05 Å². The number of hydrogen-bond donors (Lipinski definition) is 0. The zero-order chi connectivity index (χ0) is 9.84. The predicted molar refractivity (Wildman–Crippen MR) is 53.5 cm³/mol. The number of carbonyl (C=O) groups excluding carboxylic acids is 1. The van der Waals surface area contributed by atoms with Crippen molar-refractivity contribution < 1.29 is 4.79 Å². The summed E-state index contributed by atoms with van der Waals surface area (Å²) in [5.41, 5.74) is 0. The van der Waals surface area contributed by atoms with Gasteiger partial charge in [0, 0.05) is 13.1 Å². The molecule has 0 aliphatic carbocycles. The summed E-state index contributed by atoms with van der Waals surface area (Å²) in [6.45, 7) is 5.66. The molecule has 0 saturated carbocycles. The lowest BCUT2D eigenvalue weighted by Gasteiger charge is -2.34. The molecule has 1 aliphatic rings. The van der Waals surface area contributed by atoms with Crippen molar-refractivity contribution >= 4 is 5.91 Å². The van der Waals surface area contributed by atoms with E-state index in [-0.39, 0.29) is 5.91 Å². The Bertz CT molecular complexity index is 195. The van der Waals surface area contributed by atoms with Crippen molar-refractivity contribution in [1.82, 2.24) is 9.80 Å². The molecule has 13 heavy (non-hydrogen) atoms. The Kier molecular flexibility index (Phi) is 3.48. The van der Waals surface area contributed by atoms with Gasteiger partial charge in [-0.25, -0.2) is 0 Å². The molecule has 0 atom stereocenters. The second-order valence-electron chi connectivity index (χ2n) is 3.69. The van der Waals surface area contributed by atoms with E-state index in [4.69, 9.17) is 0 Å². The third kappa shape index (κ3) is 2.56. The minimum Gasteiger partial charge on any atom is -0.339 e. The van der Waals surface area contributed by atoms with Crippen LogP contribution in [-0.4, -0.2) is 48.9 Å². The molecule has 1 aliphatic heterocycles. The summed E-state index contributed by atoms with van der Waals surface area (Å²) in [7, 11) is 3.98. The van der Waals surface area contributed by atoms with E-state index in [9.17, 15) is 4.79 Å². The van der Waals surface area contributed by atoms with Gasteiger partial charge < -0.3 is 9.80 Å². The van der Waals surface area contributed by atoms with Gasteiger partial charge in [0.05, 0.1) is 0 Å². The van der Waals surface area contributed by atoms with Gasteiger partial charge in [-0.15, -0.1) is 0 Å². The summed E-state index contributed by atoms with van der Waals surface area (Å²) in [6.07, 6.45) is 3.54. The SMILES string of the molecule is C=CC(=O)N(C)C1CCN(C)CC1. The summed E-state index contributed by atoms with van der Waals surface area (Å²) in [6, 6.07) is 0.404. The minimum atomic E-state index is 0.0366. The first kappa shape index (κ1) is 10.3. The summed E-state index contributed by atoms with van der Waals surface area (Å²) >= 11 is 0.